The first-order valence-electron chi connectivity index (χ1n) is 7.90. The van der Waals surface area contributed by atoms with Crippen molar-refractivity contribution in [2.75, 3.05) is 13.1 Å². The summed E-state index contributed by atoms with van der Waals surface area (Å²) in [5.41, 5.74) is 0.826. The fourth-order valence-electron chi connectivity index (χ4n) is 2.68. The highest BCUT2D eigenvalue weighted by Gasteiger charge is 2.26. The Kier molecular flexibility index (Phi) is 4.73. The van der Waals surface area contributed by atoms with Crippen LogP contribution in [-0.2, 0) is 16.6 Å². The summed E-state index contributed by atoms with van der Waals surface area (Å²) in [4.78, 5) is 12.2. The molecule has 24 heavy (non-hydrogen) atoms. The van der Waals surface area contributed by atoms with Gasteiger partial charge in [-0.1, -0.05) is 12.1 Å². The van der Waals surface area contributed by atoms with E-state index in [0.717, 1.165) is 18.4 Å². The van der Waals surface area contributed by atoms with Gasteiger partial charge in [-0.3, -0.25) is 4.79 Å². The molecule has 0 unspecified atom stereocenters. The first-order valence-corrected chi connectivity index (χ1v) is 9.34. The minimum atomic E-state index is -3.40. The van der Waals surface area contributed by atoms with Gasteiger partial charge >= 0.3 is 0 Å². The highest BCUT2D eigenvalue weighted by Crippen LogP contribution is 2.21. The van der Waals surface area contributed by atoms with Crippen LogP contribution < -0.4 is 5.32 Å². The Bertz CT molecular complexity index is 819. The largest absolute Gasteiger partial charge is 0.456 e. The van der Waals surface area contributed by atoms with Gasteiger partial charge in [0.25, 0.3) is 5.91 Å². The second-order valence-corrected chi connectivity index (χ2v) is 7.79. The van der Waals surface area contributed by atoms with Gasteiger partial charge in [0.2, 0.25) is 10.0 Å². The van der Waals surface area contributed by atoms with E-state index in [1.54, 1.807) is 43.3 Å². The van der Waals surface area contributed by atoms with Gasteiger partial charge in [0.1, 0.15) is 5.76 Å². The summed E-state index contributed by atoms with van der Waals surface area (Å²) < 4.78 is 31.7. The molecule has 2 aromatic rings. The summed E-state index contributed by atoms with van der Waals surface area (Å²) in [5, 5.41) is 2.75. The average Bonchev–Trinajstić information content (AvgIpc) is 3.25. The van der Waals surface area contributed by atoms with E-state index in [2.05, 4.69) is 5.32 Å². The molecule has 1 aliphatic rings. The second-order valence-electron chi connectivity index (χ2n) is 5.85. The molecule has 0 radical (unpaired) electrons. The van der Waals surface area contributed by atoms with E-state index in [0.29, 0.717) is 30.3 Å². The maximum atomic E-state index is 12.4. The van der Waals surface area contributed by atoms with Gasteiger partial charge in [-0.25, -0.2) is 8.42 Å². The van der Waals surface area contributed by atoms with Crippen LogP contribution in [-0.4, -0.2) is 31.7 Å². The number of furan rings is 1. The van der Waals surface area contributed by atoms with Crippen LogP contribution in [0.2, 0.25) is 0 Å². The fraction of sp³-hybridized carbons (Fsp3) is 0.353. The van der Waals surface area contributed by atoms with E-state index in [-0.39, 0.29) is 11.7 Å². The third-order valence-electron chi connectivity index (χ3n) is 4.04. The molecule has 0 atom stereocenters. The Morgan fingerprint density at radius 1 is 1.12 bits per heavy atom. The Morgan fingerprint density at radius 3 is 2.38 bits per heavy atom. The predicted molar refractivity (Wildman–Crippen MR) is 89.1 cm³/mol. The van der Waals surface area contributed by atoms with E-state index in [4.69, 9.17) is 4.42 Å². The first kappa shape index (κ1) is 16.7. The summed E-state index contributed by atoms with van der Waals surface area (Å²) >= 11 is 0. The van der Waals surface area contributed by atoms with Crippen molar-refractivity contribution in [2.45, 2.75) is 31.2 Å². The lowest BCUT2D eigenvalue weighted by Gasteiger charge is -2.15. The highest BCUT2D eigenvalue weighted by molar-refractivity contribution is 7.89. The zero-order valence-corrected chi connectivity index (χ0v) is 14.3. The van der Waals surface area contributed by atoms with Gasteiger partial charge in [0, 0.05) is 19.6 Å². The minimum absolute atomic E-state index is 0.265. The van der Waals surface area contributed by atoms with Crippen LogP contribution in [0.15, 0.2) is 45.7 Å². The maximum absolute atomic E-state index is 12.4. The summed E-state index contributed by atoms with van der Waals surface area (Å²) in [7, 11) is -3.40. The Morgan fingerprint density at radius 2 is 1.79 bits per heavy atom. The van der Waals surface area contributed by atoms with E-state index in [1.807, 2.05) is 0 Å². The van der Waals surface area contributed by atoms with Gasteiger partial charge in [-0.05, 0) is 49.6 Å². The summed E-state index contributed by atoms with van der Waals surface area (Å²) in [6.07, 6.45) is 1.82. The average molecular weight is 348 g/mol. The summed E-state index contributed by atoms with van der Waals surface area (Å²) in [5.74, 6) is 0.647. The lowest BCUT2D eigenvalue weighted by molar-refractivity contribution is 0.0922. The van der Waals surface area contributed by atoms with Crippen molar-refractivity contribution in [1.29, 1.82) is 0 Å². The standard InChI is InChI=1S/C17H20N2O4S/c1-13-4-9-16(23-13)17(20)18-12-14-5-7-15(8-6-14)24(21,22)19-10-2-3-11-19/h4-9H,2-3,10-12H2,1H3,(H,18,20). The molecule has 2 heterocycles. The van der Waals surface area contributed by atoms with Gasteiger partial charge in [-0.15, -0.1) is 0 Å². The molecule has 7 heteroatoms. The molecule has 1 fully saturated rings. The number of carbonyl (C=O) groups excluding carboxylic acids is 1. The number of carbonyl (C=O) groups is 1. The quantitative estimate of drug-likeness (QED) is 0.899. The topological polar surface area (TPSA) is 79.6 Å². The predicted octanol–water partition coefficient (Wildman–Crippen LogP) is 2.30. The molecular formula is C17H20N2O4S. The third-order valence-corrected chi connectivity index (χ3v) is 5.96. The van der Waals surface area contributed by atoms with Crippen molar-refractivity contribution in [3.63, 3.8) is 0 Å². The molecule has 0 aliphatic carbocycles. The van der Waals surface area contributed by atoms with E-state index in [9.17, 15) is 13.2 Å². The number of benzene rings is 1. The lowest BCUT2D eigenvalue weighted by atomic mass is 10.2. The van der Waals surface area contributed by atoms with Gasteiger partial charge in [0.15, 0.2) is 5.76 Å². The Balaban J connectivity index is 1.63. The van der Waals surface area contributed by atoms with E-state index >= 15 is 0 Å². The smallest absolute Gasteiger partial charge is 0.287 e. The molecule has 128 valence electrons. The van der Waals surface area contributed by atoms with Crippen LogP contribution in [0, 0.1) is 6.92 Å². The lowest BCUT2D eigenvalue weighted by Crippen LogP contribution is -2.27. The van der Waals surface area contributed by atoms with Crippen molar-refractivity contribution >= 4 is 15.9 Å². The van der Waals surface area contributed by atoms with Crippen molar-refractivity contribution in [3.8, 4) is 0 Å². The number of hydrogen-bond acceptors (Lipinski definition) is 4. The normalized spacial score (nSPS) is 15.5. The molecule has 1 saturated heterocycles. The van der Waals surface area contributed by atoms with Gasteiger partial charge in [0.05, 0.1) is 4.90 Å². The Hall–Kier alpha value is -2.12. The van der Waals surface area contributed by atoms with Crippen LogP contribution in [0.5, 0.6) is 0 Å². The number of rotatable bonds is 5. The van der Waals surface area contributed by atoms with Crippen molar-refractivity contribution < 1.29 is 17.6 Å². The third kappa shape index (κ3) is 3.52. The van der Waals surface area contributed by atoms with Crippen LogP contribution in [0.25, 0.3) is 0 Å². The summed E-state index contributed by atoms with van der Waals surface area (Å²) in [6.45, 7) is 3.25. The number of nitrogens with one attached hydrogen (secondary N) is 1. The number of sulfonamides is 1. The van der Waals surface area contributed by atoms with Crippen molar-refractivity contribution in [2.24, 2.45) is 0 Å². The van der Waals surface area contributed by atoms with Crippen LogP contribution in [0.1, 0.15) is 34.7 Å². The SMILES string of the molecule is Cc1ccc(C(=O)NCc2ccc(S(=O)(=O)N3CCCC3)cc2)o1. The van der Waals surface area contributed by atoms with Crippen molar-refractivity contribution in [3.05, 3.63) is 53.5 Å². The highest BCUT2D eigenvalue weighted by atomic mass is 32.2. The van der Waals surface area contributed by atoms with Crippen LogP contribution in [0.3, 0.4) is 0 Å². The molecule has 6 nitrogen and oxygen atoms in total. The minimum Gasteiger partial charge on any atom is -0.456 e. The molecule has 0 spiro atoms. The number of hydrogen-bond donors (Lipinski definition) is 1. The van der Waals surface area contributed by atoms with Gasteiger partial charge < -0.3 is 9.73 Å². The number of aryl methyl sites for hydroxylation is 1. The first-order chi connectivity index (χ1) is 11.5. The molecule has 0 saturated carbocycles. The zero-order chi connectivity index (χ0) is 17.2. The molecule has 1 N–H and O–H groups in total. The number of nitrogens with zero attached hydrogens (tertiary/aromatic N) is 1. The second kappa shape index (κ2) is 6.78. The molecule has 1 aliphatic heterocycles. The maximum Gasteiger partial charge on any atom is 0.287 e. The molecular weight excluding hydrogens is 328 g/mol. The molecule has 0 bridgehead atoms. The summed E-state index contributed by atoms with van der Waals surface area (Å²) in [6, 6.07) is 9.97. The molecule has 1 aromatic heterocycles. The Labute approximate surface area is 141 Å². The zero-order valence-electron chi connectivity index (χ0n) is 13.5. The fourth-order valence-corrected chi connectivity index (χ4v) is 4.20. The van der Waals surface area contributed by atoms with Crippen molar-refractivity contribution in [1.82, 2.24) is 9.62 Å². The molecule has 1 amide bonds. The van der Waals surface area contributed by atoms with E-state index < -0.39 is 10.0 Å². The molecule has 3 rings (SSSR count). The molecule has 1 aromatic carbocycles. The van der Waals surface area contributed by atoms with Crippen LogP contribution in [0.4, 0.5) is 0 Å². The van der Waals surface area contributed by atoms with E-state index in [1.165, 1.54) is 4.31 Å². The monoisotopic (exact) mass is 348 g/mol. The van der Waals surface area contributed by atoms with Gasteiger partial charge in [-0.2, -0.15) is 4.31 Å². The number of amides is 1. The van der Waals surface area contributed by atoms with Crippen LogP contribution >= 0.6 is 0 Å².